The topological polar surface area (TPSA) is 33.7 Å². The molecule has 1 N–H and O–H groups in total. The predicted octanol–water partition coefficient (Wildman–Crippen LogP) is 0.969. The van der Waals surface area contributed by atoms with Crippen LogP contribution in [0, 0.1) is 5.92 Å². The Bertz CT molecular complexity index is 188. The van der Waals surface area contributed by atoms with Gasteiger partial charge in [-0.05, 0) is 12.3 Å². The summed E-state index contributed by atoms with van der Waals surface area (Å²) in [5.41, 5.74) is 0. The SMILES string of the molecule is COCCOCCN1CCNCC1CC(C)C. The molecule has 0 aromatic carbocycles. The van der Waals surface area contributed by atoms with Gasteiger partial charge in [0.25, 0.3) is 0 Å². The number of rotatable bonds is 8. The second kappa shape index (κ2) is 8.86. The summed E-state index contributed by atoms with van der Waals surface area (Å²) in [4.78, 5) is 2.56. The number of nitrogens with one attached hydrogen (secondary N) is 1. The molecule has 0 saturated carbocycles. The van der Waals surface area contributed by atoms with E-state index in [-0.39, 0.29) is 0 Å². The fraction of sp³-hybridized carbons (Fsp3) is 1.00. The highest BCUT2D eigenvalue weighted by atomic mass is 16.5. The van der Waals surface area contributed by atoms with Gasteiger partial charge in [-0.2, -0.15) is 0 Å². The summed E-state index contributed by atoms with van der Waals surface area (Å²) in [7, 11) is 1.71. The number of nitrogens with zero attached hydrogens (tertiary/aromatic N) is 1. The van der Waals surface area contributed by atoms with E-state index >= 15 is 0 Å². The number of hydrogen-bond acceptors (Lipinski definition) is 4. The van der Waals surface area contributed by atoms with Crippen molar-refractivity contribution in [3.05, 3.63) is 0 Å². The van der Waals surface area contributed by atoms with Crippen molar-refractivity contribution in [3.8, 4) is 0 Å². The first-order chi connectivity index (χ1) is 8.24. The molecule has 1 rings (SSSR count). The van der Waals surface area contributed by atoms with E-state index in [9.17, 15) is 0 Å². The molecule has 1 atom stereocenters. The molecular weight excluding hydrogens is 216 g/mol. The van der Waals surface area contributed by atoms with Crippen molar-refractivity contribution in [3.63, 3.8) is 0 Å². The minimum Gasteiger partial charge on any atom is -0.382 e. The minimum absolute atomic E-state index is 0.676. The molecule has 1 unspecified atom stereocenters. The largest absolute Gasteiger partial charge is 0.382 e. The average Bonchev–Trinajstić information content (AvgIpc) is 2.30. The average molecular weight is 244 g/mol. The molecule has 0 spiro atoms. The van der Waals surface area contributed by atoms with E-state index in [1.165, 1.54) is 6.42 Å². The van der Waals surface area contributed by atoms with E-state index in [1.54, 1.807) is 7.11 Å². The van der Waals surface area contributed by atoms with Crippen LogP contribution < -0.4 is 5.32 Å². The van der Waals surface area contributed by atoms with E-state index in [1.807, 2.05) is 0 Å². The molecule has 1 aliphatic rings. The van der Waals surface area contributed by atoms with Gasteiger partial charge in [0.15, 0.2) is 0 Å². The van der Waals surface area contributed by atoms with Crippen molar-refractivity contribution in [2.24, 2.45) is 5.92 Å². The van der Waals surface area contributed by atoms with Gasteiger partial charge >= 0.3 is 0 Å². The zero-order valence-corrected chi connectivity index (χ0v) is 11.6. The van der Waals surface area contributed by atoms with Crippen LogP contribution in [-0.2, 0) is 9.47 Å². The van der Waals surface area contributed by atoms with Gasteiger partial charge in [-0.15, -0.1) is 0 Å². The minimum atomic E-state index is 0.676. The van der Waals surface area contributed by atoms with Gasteiger partial charge in [0.2, 0.25) is 0 Å². The molecule has 1 fully saturated rings. The third kappa shape index (κ3) is 6.36. The zero-order chi connectivity index (χ0) is 12.5. The fourth-order valence-electron chi connectivity index (χ4n) is 2.30. The van der Waals surface area contributed by atoms with Crippen molar-refractivity contribution >= 4 is 0 Å². The maximum atomic E-state index is 5.54. The van der Waals surface area contributed by atoms with Crippen LogP contribution >= 0.6 is 0 Å². The lowest BCUT2D eigenvalue weighted by atomic mass is 10.0. The molecule has 0 bridgehead atoms. The highest BCUT2D eigenvalue weighted by Gasteiger charge is 2.22. The number of methoxy groups -OCH3 is 1. The molecule has 1 heterocycles. The van der Waals surface area contributed by atoms with Crippen LogP contribution in [0.1, 0.15) is 20.3 Å². The predicted molar refractivity (Wildman–Crippen MR) is 70.4 cm³/mol. The van der Waals surface area contributed by atoms with Crippen molar-refractivity contribution in [2.75, 3.05) is 53.1 Å². The Morgan fingerprint density at radius 1 is 1.29 bits per heavy atom. The molecular formula is C13H28N2O2. The first-order valence-corrected chi connectivity index (χ1v) is 6.75. The Morgan fingerprint density at radius 3 is 2.82 bits per heavy atom. The van der Waals surface area contributed by atoms with Crippen LogP contribution in [0.2, 0.25) is 0 Å². The maximum Gasteiger partial charge on any atom is 0.0700 e. The molecule has 0 aromatic rings. The molecule has 0 aliphatic carbocycles. The molecule has 102 valence electrons. The molecule has 1 aliphatic heterocycles. The first kappa shape index (κ1) is 14.9. The van der Waals surface area contributed by atoms with Gasteiger partial charge in [0.1, 0.15) is 0 Å². The molecule has 1 saturated heterocycles. The fourth-order valence-corrected chi connectivity index (χ4v) is 2.30. The Labute approximate surface area is 106 Å². The van der Waals surface area contributed by atoms with Gasteiger partial charge in [-0.1, -0.05) is 13.8 Å². The summed E-state index contributed by atoms with van der Waals surface area (Å²) < 4.78 is 10.5. The molecule has 17 heavy (non-hydrogen) atoms. The van der Waals surface area contributed by atoms with E-state index in [0.717, 1.165) is 38.7 Å². The summed E-state index contributed by atoms with van der Waals surface area (Å²) in [5, 5.41) is 3.48. The van der Waals surface area contributed by atoms with Crippen molar-refractivity contribution < 1.29 is 9.47 Å². The van der Waals surface area contributed by atoms with E-state index in [0.29, 0.717) is 19.3 Å². The Balaban J connectivity index is 2.18. The lowest BCUT2D eigenvalue weighted by molar-refractivity contribution is 0.0421. The Morgan fingerprint density at radius 2 is 2.12 bits per heavy atom. The summed E-state index contributed by atoms with van der Waals surface area (Å²) >= 11 is 0. The Kier molecular flexibility index (Phi) is 7.77. The van der Waals surface area contributed by atoms with Gasteiger partial charge in [-0.3, -0.25) is 4.90 Å². The smallest absolute Gasteiger partial charge is 0.0700 e. The normalized spacial score (nSPS) is 22.2. The van der Waals surface area contributed by atoms with E-state index < -0.39 is 0 Å². The summed E-state index contributed by atoms with van der Waals surface area (Å²) in [5.74, 6) is 0.761. The summed E-state index contributed by atoms with van der Waals surface area (Å²) in [6.07, 6.45) is 1.27. The summed E-state index contributed by atoms with van der Waals surface area (Å²) in [6.45, 7) is 11.2. The number of hydrogen-bond donors (Lipinski definition) is 1. The van der Waals surface area contributed by atoms with E-state index in [4.69, 9.17) is 9.47 Å². The van der Waals surface area contributed by atoms with Gasteiger partial charge < -0.3 is 14.8 Å². The molecule has 4 nitrogen and oxygen atoms in total. The lowest BCUT2D eigenvalue weighted by Gasteiger charge is -2.37. The van der Waals surface area contributed by atoms with Crippen molar-refractivity contribution in [2.45, 2.75) is 26.3 Å². The maximum absolute atomic E-state index is 5.54. The van der Waals surface area contributed by atoms with E-state index in [2.05, 4.69) is 24.1 Å². The van der Waals surface area contributed by atoms with Gasteiger partial charge in [0.05, 0.1) is 19.8 Å². The van der Waals surface area contributed by atoms with Crippen molar-refractivity contribution in [1.29, 1.82) is 0 Å². The van der Waals surface area contributed by atoms with Crippen LogP contribution in [0.25, 0.3) is 0 Å². The van der Waals surface area contributed by atoms with Gasteiger partial charge in [-0.25, -0.2) is 0 Å². The highest BCUT2D eigenvalue weighted by Crippen LogP contribution is 2.12. The molecule has 4 heteroatoms. The molecule has 0 radical (unpaired) electrons. The first-order valence-electron chi connectivity index (χ1n) is 6.75. The van der Waals surface area contributed by atoms with Gasteiger partial charge in [0, 0.05) is 39.3 Å². The van der Waals surface area contributed by atoms with Crippen LogP contribution in [0.5, 0.6) is 0 Å². The number of piperazine rings is 1. The molecule has 0 amide bonds. The number of ether oxygens (including phenoxy) is 2. The van der Waals surface area contributed by atoms with Crippen LogP contribution in [0.4, 0.5) is 0 Å². The third-order valence-electron chi connectivity index (χ3n) is 3.17. The Hall–Kier alpha value is -0.160. The quantitative estimate of drug-likeness (QED) is 0.645. The van der Waals surface area contributed by atoms with Crippen LogP contribution in [-0.4, -0.2) is 64.1 Å². The highest BCUT2D eigenvalue weighted by molar-refractivity contribution is 4.80. The van der Waals surface area contributed by atoms with Crippen LogP contribution in [0.3, 0.4) is 0 Å². The monoisotopic (exact) mass is 244 g/mol. The second-order valence-electron chi connectivity index (χ2n) is 5.13. The third-order valence-corrected chi connectivity index (χ3v) is 3.17. The lowest BCUT2D eigenvalue weighted by Crippen LogP contribution is -2.52. The van der Waals surface area contributed by atoms with Crippen LogP contribution in [0.15, 0.2) is 0 Å². The standard InChI is InChI=1S/C13H28N2O2/c1-12(2)10-13-11-14-4-5-15(13)6-7-17-9-8-16-3/h12-14H,4-11H2,1-3H3. The summed E-state index contributed by atoms with van der Waals surface area (Å²) in [6, 6.07) is 0.676. The molecule has 0 aromatic heterocycles. The van der Waals surface area contributed by atoms with Crippen molar-refractivity contribution in [1.82, 2.24) is 10.2 Å². The zero-order valence-electron chi connectivity index (χ0n) is 11.6. The second-order valence-corrected chi connectivity index (χ2v) is 5.13.